The van der Waals surface area contributed by atoms with Gasteiger partial charge >= 0.3 is 5.97 Å². The average molecular weight is 321 g/mol. The van der Waals surface area contributed by atoms with Crippen molar-refractivity contribution in [1.29, 1.82) is 0 Å². The van der Waals surface area contributed by atoms with Crippen LogP contribution in [0.5, 0.6) is 0 Å². The van der Waals surface area contributed by atoms with Gasteiger partial charge in [0.25, 0.3) is 0 Å². The molecule has 0 radical (unpaired) electrons. The molecule has 0 aliphatic carbocycles. The molecule has 0 heterocycles. The number of carbonyl (C=O) groups excluding carboxylic acids is 1. The van der Waals surface area contributed by atoms with Crippen LogP contribution >= 0.6 is 0 Å². The van der Waals surface area contributed by atoms with Crippen molar-refractivity contribution in [2.45, 2.75) is 104 Å². The fraction of sp³-hybridized carbons (Fsp3) is 0.762. The Labute approximate surface area is 144 Å². The summed E-state index contributed by atoms with van der Waals surface area (Å²) in [6.45, 7) is 3.93. The Morgan fingerprint density at radius 1 is 0.826 bits per heavy atom. The van der Waals surface area contributed by atoms with Gasteiger partial charge in [-0.15, -0.1) is 0 Å². The maximum absolute atomic E-state index is 11.2. The van der Waals surface area contributed by atoms with Gasteiger partial charge in [0.05, 0.1) is 0 Å². The zero-order chi connectivity index (χ0) is 17.0. The zero-order valence-electron chi connectivity index (χ0n) is 15.4. The van der Waals surface area contributed by atoms with Gasteiger partial charge in [-0.1, -0.05) is 76.4 Å². The SMILES string of the molecule is CC#COC(=O)CCCCCCC/C=C\CCCCCCCC. The second-order valence-electron chi connectivity index (χ2n) is 6.16. The van der Waals surface area contributed by atoms with Crippen LogP contribution in [0.2, 0.25) is 0 Å². The van der Waals surface area contributed by atoms with Crippen LogP contribution in [0.25, 0.3) is 0 Å². The molecule has 0 aromatic rings. The van der Waals surface area contributed by atoms with Gasteiger partial charge in [-0.05, 0) is 32.1 Å². The topological polar surface area (TPSA) is 26.3 Å². The number of carbonyl (C=O) groups is 1. The Balaban J connectivity index is 3.18. The third-order valence-corrected chi connectivity index (χ3v) is 3.91. The molecule has 0 saturated carbocycles. The van der Waals surface area contributed by atoms with Crippen molar-refractivity contribution < 1.29 is 9.53 Å². The van der Waals surface area contributed by atoms with Crippen LogP contribution < -0.4 is 0 Å². The summed E-state index contributed by atoms with van der Waals surface area (Å²) < 4.78 is 4.70. The van der Waals surface area contributed by atoms with Crippen molar-refractivity contribution in [2.75, 3.05) is 0 Å². The van der Waals surface area contributed by atoms with Gasteiger partial charge in [0.15, 0.2) is 0 Å². The van der Waals surface area contributed by atoms with E-state index in [-0.39, 0.29) is 5.97 Å². The molecule has 0 aromatic heterocycles. The summed E-state index contributed by atoms with van der Waals surface area (Å²) >= 11 is 0. The van der Waals surface area contributed by atoms with Crippen molar-refractivity contribution in [3.8, 4) is 12.0 Å². The Hall–Kier alpha value is -1.23. The van der Waals surface area contributed by atoms with Crippen molar-refractivity contribution in [1.82, 2.24) is 0 Å². The van der Waals surface area contributed by atoms with Gasteiger partial charge in [0.2, 0.25) is 0 Å². The lowest BCUT2D eigenvalue weighted by Gasteiger charge is -2.00. The average Bonchev–Trinajstić information content (AvgIpc) is 2.56. The molecule has 0 amide bonds. The number of esters is 1. The molecule has 0 bridgehead atoms. The Bertz CT molecular complexity index is 347. The maximum Gasteiger partial charge on any atom is 0.319 e. The summed E-state index contributed by atoms with van der Waals surface area (Å²) in [7, 11) is 0. The van der Waals surface area contributed by atoms with Crippen molar-refractivity contribution >= 4 is 5.97 Å². The highest BCUT2D eigenvalue weighted by atomic mass is 16.5. The molecule has 0 atom stereocenters. The van der Waals surface area contributed by atoms with E-state index in [0.29, 0.717) is 6.42 Å². The molecule has 0 fully saturated rings. The molecule has 0 spiro atoms. The van der Waals surface area contributed by atoms with Crippen LogP contribution in [0.4, 0.5) is 0 Å². The largest absolute Gasteiger partial charge is 0.372 e. The molecule has 0 aromatic carbocycles. The van der Waals surface area contributed by atoms with E-state index in [4.69, 9.17) is 4.74 Å². The minimum atomic E-state index is -0.197. The highest BCUT2D eigenvalue weighted by Gasteiger charge is 2.00. The highest BCUT2D eigenvalue weighted by molar-refractivity contribution is 5.70. The Kier molecular flexibility index (Phi) is 17.8. The third-order valence-electron chi connectivity index (χ3n) is 3.91. The van der Waals surface area contributed by atoms with E-state index in [1.54, 1.807) is 6.92 Å². The quantitative estimate of drug-likeness (QED) is 0.148. The molecule has 0 aliphatic heterocycles. The molecule has 0 unspecified atom stereocenters. The highest BCUT2D eigenvalue weighted by Crippen LogP contribution is 2.10. The molecule has 23 heavy (non-hydrogen) atoms. The molecular weight excluding hydrogens is 284 g/mol. The van der Waals surface area contributed by atoms with Gasteiger partial charge in [-0.2, -0.15) is 0 Å². The third kappa shape index (κ3) is 18.7. The molecule has 0 rings (SSSR count). The predicted molar refractivity (Wildman–Crippen MR) is 99.0 cm³/mol. The maximum atomic E-state index is 11.2. The molecule has 132 valence electrons. The molecule has 0 saturated heterocycles. The van der Waals surface area contributed by atoms with E-state index in [2.05, 4.69) is 31.1 Å². The fourth-order valence-corrected chi connectivity index (χ4v) is 2.50. The lowest BCUT2D eigenvalue weighted by molar-refractivity contribution is -0.136. The number of allylic oxidation sites excluding steroid dienone is 2. The first kappa shape index (κ1) is 21.8. The molecule has 2 heteroatoms. The number of unbranched alkanes of at least 4 members (excludes halogenated alkanes) is 11. The first-order valence-corrected chi connectivity index (χ1v) is 9.57. The van der Waals surface area contributed by atoms with Gasteiger partial charge in [0, 0.05) is 13.3 Å². The van der Waals surface area contributed by atoms with E-state index < -0.39 is 0 Å². The van der Waals surface area contributed by atoms with E-state index >= 15 is 0 Å². The van der Waals surface area contributed by atoms with Crippen molar-refractivity contribution in [3.63, 3.8) is 0 Å². The van der Waals surface area contributed by atoms with Gasteiger partial charge < -0.3 is 4.74 Å². The standard InChI is InChI=1S/C21H36O2/c1-3-5-6-7-8-9-10-11-12-13-14-15-16-17-18-19-21(22)23-20-4-2/h11-12H,3,5-10,13-19H2,1-2H3/b12-11-. The number of hydrogen-bond donors (Lipinski definition) is 0. The summed E-state index contributed by atoms with van der Waals surface area (Å²) in [5.41, 5.74) is 0. The monoisotopic (exact) mass is 320 g/mol. The second kappa shape index (κ2) is 18.8. The first-order valence-electron chi connectivity index (χ1n) is 9.57. The predicted octanol–water partition coefficient (Wildman–Crippen LogP) is 6.55. The van der Waals surface area contributed by atoms with Crippen LogP contribution in [0.3, 0.4) is 0 Å². The molecule has 0 aliphatic rings. The zero-order valence-corrected chi connectivity index (χ0v) is 15.4. The van der Waals surface area contributed by atoms with E-state index in [0.717, 1.165) is 12.8 Å². The normalized spacial score (nSPS) is 10.5. The number of ether oxygens (including phenoxy) is 1. The molecule has 0 N–H and O–H groups in total. The summed E-state index contributed by atoms with van der Waals surface area (Å²) in [5.74, 6) is 2.36. The summed E-state index contributed by atoms with van der Waals surface area (Å²) in [4.78, 5) is 11.2. The van der Waals surface area contributed by atoms with Crippen LogP contribution in [0, 0.1) is 12.0 Å². The van der Waals surface area contributed by atoms with Gasteiger partial charge in [-0.25, -0.2) is 0 Å². The first-order chi connectivity index (χ1) is 11.3. The summed E-state index contributed by atoms with van der Waals surface area (Å²) in [6, 6.07) is 0. The molecular formula is C21H36O2. The van der Waals surface area contributed by atoms with Crippen LogP contribution in [-0.2, 0) is 9.53 Å². The van der Waals surface area contributed by atoms with E-state index in [1.807, 2.05) is 0 Å². The fourth-order valence-electron chi connectivity index (χ4n) is 2.50. The lowest BCUT2D eigenvalue weighted by Crippen LogP contribution is -1.99. The van der Waals surface area contributed by atoms with Crippen molar-refractivity contribution in [2.24, 2.45) is 0 Å². The van der Waals surface area contributed by atoms with Gasteiger partial charge in [0.1, 0.15) is 6.11 Å². The second-order valence-corrected chi connectivity index (χ2v) is 6.16. The number of hydrogen-bond acceptors (Lipinski definition) is 2. The molecule has 2 nitrogen and oxygen atoms in total. The summed E-state index contributed by atoms with van der Waals surface area (Å²) in [6.07, 6.45) is 24.0. The minimum absolute atomic E-state index is 0.197. The summed E-state index contributed by atoms with van der Waals surface area (Å²) in [5, 5.41) is 0. The van der Waals surface area contributed by atoms with Crippen molar-refractivity contribution in [3.05, 3.63) is 12.2 Å². The lowest BCUT2D eigenvalue weighted by atomic mass is 10.1. The van der Waals surface area contributed by atoms with Crippen LogP contribution in [0.15, 0.2) is 12.2 Å². The smallest absolute Gasteiger partial charge is 0.319 e. The Morgan fingerprint density at radius 3 is 1.91 bits per heavy atom. The van der Waals surface area contributed by atoms with Crippen LogP contribution in [0.1, 0.15) is 104 Å². The van der Waals surface area contributed by atoms with E-state index in [1.165, 1.54) is 70.6 Å². The van der Waals surface area contributed by atoms with Gasteiger partial charge in [-0.3, -0.25) is 4.79 Å². The minimum Gasteiger partial charge on any atom is -0.372 e. The van der Waals surface area contributed by atoms with E-state index in [9.17, 15) is 4.79 Å². The van der Waals surface area contributed by atoms with Crippen LogP contribution in [-0.4, -0.2) is 5.97 Å². The number of rotatable bonds is 15. The Morgan fingerprint density at radius 2 is 1.35 bits per heavy atom.